The van der Waals surface area contributed by atoms with Gasteiger partial charge in [0, 0.05) is 0 Å². The van der Waals surface area contributed by atoms with Crippen molar-refractivity contribution in [3.8, 4) is 0 Å². The largest absolute Gasteiger partial charge is 0.462 e. The predicted molar refractivity (Wildman–Crippen MR) is 91.3 cm³/mol. The normalized spacial score (nSPS) is 10.7. The van der Waals surface area contributed by atoms with E-state index in [9.17, 15) is 9.59 Å². The molecule has 0 radical (unpaired) electrons. The second-order valence-corrected chi connectivity index (χ2v) is 6.54. The zero-order valence-electron chi connectivity index (χ0n) is 12.6. The Morgan fingerprint density at radius 2 is 2.29 bits per heavy atom. The molecule has 2 heterocycles. The van der Waals surface area contributed by atoms with E-state index in [2.05, 4.69) is 25.5 Å². The number of rotatable bonds is 6. The number of fused-ring (bicyclic) bond motifs is 1. The van der Waals surface area contributed by atoms with E-state index in [1.165, 1.54) is 29.4 Å². The standard InChI is InChI=1S/C14H13N5O3S2/c1-2-22-12(21)8-3-4-9-10(5-8)24-14(17-9)18-11(20)6-23-13-15-7-16-19-13/h3-5,7H,2,6H2,1H3,(H,15,16,19)(H,17,18,20). The highest BCUT2D eigenvalue weighted by Gasteiger charge is 2.12. The number of hydrogen-bond donors (Lipinski definition) is 2. The second kappa shape index (κ2) is 7.41. The van der Waals surface area contributed by atoms with Gasteiger partial charge in [-0.15, -0.1) is 0 Å². The number of esters is 1. The number of anilines is 1. The molecule has 10 heteroatoms. The summed E-state index contributed by atoms with van der Waals surface area (Å²) in [7, 11) is 0. The lowest BCUT2D eigenvalue weighted by Crippen LogP contribution is -2.13. The Bertz CT molecular complexity index is 863. The maximum absolute atomic E-state index is 11.9. The average Bonchev–Trinajstić information content (AvgIpc) is 3.21. The molecule has 0 aliphatic carbocycles. The number of nitrogens with one attached hydrogen (secondary N) is 2. The first-order chi connectivity index (χ1) is 11.7. The molecule has 1 aromatic carbocycles. The quantitative estimate of drug-likeness (QED) is 0.511. The summed E-state index contributed by atoms with van der Waals surface area (Å²) in [5.74, 6) is -0.373. The number of aromatic nitrogens is 4. The summed E-state index contributed by atoms with van der Waals surface area (Å²) in [5, 5.41) is 10.2. The van der Waals surface area contributed by atoms with Crippen LogP contribution in [0.1, 0.15) is 17.3 Å². The van der Waals surface area contributed by atoms with Crippen molar-refractivity contribution in [3.63, 3.8) is 0 Å². The molecule has 0 aliphatic heterocycles. The number of aromatic amines is 1. The number of carbonyl (C=O) groups is 2. The molecule has 0 saturated heterocycles. The van der Waals surface area contributed by atoms with Crippen molar-refractivity contribution in [1.29, 1.82) is 0 Å². The molecule has 2 N–H and O–H groups in total. The first-order valence-corrected chi connectivity index (χ1v) is 8.81. The lowest BCUT2D eigenvalue weighted by Gasteiger charge is -2.00. The summed E-state index contributed by atoms with van der Waals surface area (Å²) in [6.07, 6.45) is 1.38. The Labute approximate surface area is 145 Å². The van der Waals surface area contributed by atoms with Gasteiger partial charge in [-0.2, -0.15) is 5.10 Å². The van der Waals surface area contributed by atoms with Gasteiger partial charge in [0.25, 0.3) is 0 Å². The monoisotopic (exact) mass is 363 g/mol. The number of H-pyrrole nitrogens is 1. The number of benzene rings is 1. The number of carbonyl (C=O) groups excluding carboxylic acids is 2. The zero-order chi connectivity index (χ0) is 16.9. The van der Waals surface area contributed by atoms with E-state index in [0.29, 0.717) is 28.0 Å². The van der Waals surface area contributed by atoms with Crippen LogP contribution in [-0.2, 0) is 9.53 Å². The summed E-state index contributed by atoms with van der Waals surface area (Å²) in [5.41, 5.74) is 1.18. The maximum Gasteiger partial charge on any atom is 0.338 e. The summed E-state index contributed by atoms with van der Waals surface area (Å²) < 4.78 is 5.78. The minimum atomic E-state index is -0.373. The molecule has 3 aromatic rings. The van der Waals surface area contributed by atoms with Crippen molar-refractivity contribution < 1.29 is 14.3 Å². The molecule has 0 spiro atoms. The van der Waals surface area contributed by atoms with Gasteiger partial charge >= 0.3 is 5.97 Å². The van der Waals surface area contributed by atoms with Crippen LogP contribution < -0.4 is 5.32 Å². The van der Waals surface area contributed by atoms with Gasteiger partial charge in [-0.1, -0.05) is 23.1 Å². The Hall–Kier alpha value is -2.46. The van der Waals surface area contributed by atoms with Crippen molar-refractivity contribution in [1.82, 2.24) is 20.2 Å². The average molecular weight is 363 g/mol. The first-order valence-electron chi connectivity index (χ1n) is 7.01. The van der Waals surface area contributed by atoms with Crippen LogP contribution in [0, 0.1) is 0 Å². The Morgan fingerprint density at radius 1 is 1.42 bits per heavy atom. The van der Waals surface area contributed by atoms with Crippen molar-refractivity contribution in [2.24, 2.45) is 0 Å². The fraction of sp³-hybridized carbons (Fsp3) is 0.214. The van der Waals surface area contributed by atoms with Crippen LogP contribution in [0.15, 0.2) is 29.7 Å². The number of thioether (sulfide) groups is 1. The van der Waals surface area contributed by atoms with Gasteiger partial charge in [-0.05, 0) is 25.1 Å². The van der Waals surface area contributed by atoms with E-state index in [1.54, 1.807) is 25.1 Å². The molecule has 0 aliphatic rings. The lowest BCUT2D eigenvalue weighted by atomic mass is 10.2. The molecular weight excluding hydrogens is 350 g/mol. The molecule has 8 nitrogen and oxygen atoms in total. The second-order valence-electron chi connectivity index (χ2n) is 4.55. The van der Waals surface area contributed by atoms with Gasteiger partial charge in [0.2, 0.25) is 5.91 Å². The van der Waals surface area contributed by atoms with Crippen molar-refractivity contribution in [3.05, 3.63) is 30.1 Å². The number of thiazole rings is 1. The number of amides is 1. The molecule has 3 rings (SSSR count). The van der Waals surface area contributed by atoms with Crippen LogP contribution >= 0.6 is 23.1 Å². The number of hydrogen-bond acceptors (Lipinski definition) is 8. The van der Waals surface area contributed by atoms with Gasteiger partial charge in [0.1, 0.15) is 6.33 Å². The van der Waals surface area contributed by atoms with E-state index in [-0.39, 0.29) is 17.6 Å². The Balaban J connectivity index is 1.66. The predicted octanol–water partition coefficient (Wildman–Crippen LogP) is 2.32. The van der Waals surface area contributed by atoms with Crippen LogP contribution in [0.25, 0.3) is 10.2 Å². The van der Waals surface area contributed by atoms with Gasteiger partial charge in [0.15, 0.2) is 10.3 Å². The van der Waals surface area contributed by atoms with E-state index in [0.717, 1.165) is 4.70 Å². The molecule has 0 saturated carbocycles. The molecular formula is C14H13N5O3S2. The summed E-state index contributed by atoms with van der Waals surface area (Å²) >= 11 is 2.55. The number of ether oxygens (including phenoxy) is 1. The topological polar surface area (TPSA) is 110 Å². The number of nitrogens with zero attached hydrogens (tertiary/aromatic N) is 3. The minimum Gasteiger partial charge on any atom is -0.462 e. The highest BCUT2D eigenvalue weighted by Crippen LogP contribution is 2.27. The molecule has 0 unspecified atom stereocenters. The van der Waals surface area contributed by atoms with E-state index in [4.69, 9.17) is 4.74 Å². The molecule has 0 atom stereocenters. The smallest absolute Gasteiger partial charge is 0.338 e. The first kappa shape index (κ1) is 16.4. The SMILES string of the molecule is CCOC(=O)c1ccc2nc(NC(=O)CSc3ncn[nH]3)sc2c1. The van der Waals surface area contributed by atoms with E-state index >= 15 is 0 Å². The lowest BCUT2D eigenvalue weighted by molar-refractivity contribution is -0.113. The summed E-state index contributed by atoms with van der Waals surface area (Å²) in [6.45, 7) is 2.08. The molecule has 2 aromatic heterocycles. The van der Waals surface area contributed by atoms with Gasteiger partial charge < -0.3 is 10.1 Å². The molecule has 0 bridgehead atoms. The molecule has 124 valence electrons. The van der Waals surface area contributed by atoms with Crippen LogP contribution in [0.4, 0.5) is 5.13 Å². The fourth-order valence-corrected chi connectivity index (χ4v) is 3.37. The fourth-order valence-electron chi connectivity index (χ4n) is 1.87. The highest BCUT2D eigenvalue weighted by atomic mass is 32.2. The van der Waals surface area contributed by atoms with Crippen LogP contribution in [0.2, 0.25) is 0 Å². The zero-order valence-corrected chi connectivity index (χ0v) is 14.2. The van der Waals surface area contributed by atoms with Crippen LogP contribution in [0.5, 0.6) is 0 Å². The van der Waals surface area contributed by atoms with Gasteiger partial charge in [-0.3, -0.25) is 9.89 Å². The van der Waals surface area contributed by atoms with Crippen molar-refractivity contribution in [2.75, 3.05) is 17.7 Å². The Morgan fingerprint density at radius 3 is 3.04 bits per heavy atom. The summed E-state index contributed by atoms with van der Waals surface area (Å²) in [4.78, 5) is 32.0. The van der Waals surface area contributed by atoms with E-state index in [1.807, 2.05) is 0 Å². The molecule has 24 heavy (non-hydrogen) atoms. The minimum absolute atomic E-state index is 0.193. The van der Waals surface area contributed by atoms with Crippen LogP contribution in [0.3, 0.4) is 0 Å². The van der Waals surface area contributed by atoms with Gasteiger partial charge in [-0.25, -0.2) is 14.8 Å². The Kier molecular flexibility index (Phi) is 5.06. The third-order valence-corrected chi connectivity index (χ3v) is 4.69. The molecule has 0 fully saturated rings. The van der Waals surface area contributed by atoms with Crippen LogP contribution in [-0.4, -0.2) is 44.4 Å². The third-order valence-electron chi connectivity index (χ3n) is 2.88. The van der Waals surface area contributed by atoms with Gasteiger partial charge in [0.05, 0.1) is 28.1 Å². The van der Waals surface area contributed by atoms with Crippen molar-refractivity contribution >= 4 is 50.3 Å². The summed E-state index contributed by atoms with van der Waals surface area (Å²) in [6, 6.07) is 5.10. The molecule has 1 amide bonds. The van der Waals surface area contributed by atoms with Crippen molar-refractivity contribution in [2.45, 2.75) is 12.1 Å². The van der Waals surface area contributed by atoms with E-state index < -0.39 is 0 Å². The highest BCUT2D eigenvalue weighted by molar-refractivity contribution is 7.99. The maximum atomic E-state index is 11.9. The third kappa shape index (κ3) is 3.89.